The molecule has 0 radical (unpaired) electrons. The summed E-state index contributed by atoms with van der Waals surface area (Å²) in [6.07, 6.45) is 1.80. The van der Waals surface area contributed by atoms with Gasteiger partial charge in [0.15, 0.2) is 0 Å². The molecule has 2 aromatic heterocycles. The van der Waals surface area contributed by atoms with Gasteiger partial charge in [-0.25, -0.2) is 0 Å². The van der Waals surface area contributed by atoms with Gasteiger partial charge in [0.25, 0.3) is 0 Å². The standard InChI is InChI=1S/C14H21N5OS/c1-4-7-20-14-18-12(15)17-13(19-14)16-9(2)8-11-6-5-10(3)21-11/h5-6,9H,4,7-8H2,1-3H3,(H3,15,16,17,18,19). The normalized spacial score (nSPS) is 12.1. The third kappa shape index (κ3) is 4.86. The number of nitrogens with one attached hydrogen (secondary N) is 1. The highest BCUT2D eigenvalue weighted by Crippen LogP contribution is 2.18. The van der Waals surface area contributed by atoms with Crippen LogP contribution >= 0.6 is 11.3 Å². The van der Waals surface area contributed by atoms with Gasteiger partial charge in [-0.3, -0.25) is 0 Å². The van der Waals surface area contributed by atoms with Gasteiger partial charge in [0.1, 0.15) is 0 Å². The second kappa shape index (κ2) is 7.21. The largest absolute Gasteiger partial charge is 0.463 e. The van der Waals surface area contributed by atoms with Crippen molar-refractivity contribution in [2.75, 3.05) is 17.7 Å². The van der Waals surface area contributed by atoms with E-state index < -0.39 is 0 Å². The SMILES string of the molecule is CCCOc1nc(N)nc(NC(C)Cc2ccc(C)s2)n1. The van der Waals surface area contributed by atoms with Crippen LogP contribution in [-0.2, 0) is 6.42 Å². The number of aryl methyl sites for hydroxylation is 1. The molecule has 0 amide bonds. The summed E-state index contributed by atoms with van der Waals surface area (Å²) in [5.41, 5.74) is 5.68. The van der Waals surface area contributed by atoms with Crippen LogP contribution in [0.15, 0.2) is 12.1 Å². The van der Waals surface area contributed by atoms with Crippen molar-refractivity contribution < 1.29 is 4.74 Å². The van der Waals surface area contributed by atoms with Crippen molar-refractivity contribution in [2.24, 2.45) is 0 Å². The quantitative estimate of drug-likeness (QED) is 0.818. The maximum atomic E-state index is 5.68. The van der Waals surface area contributed by atoms with E-state index in [4.69, 9.17) is 10.5 Å². The summed E-state index contributed by atoms with van der Waals surface area (Å²) in [5, 5.41) is 3.24. The lowest BCUT2D eigenvalue weighted by Gasteiger charge is -2.13. The highest BCUT2D eigenvalue weighted by atomic mass is 32.1. The van der Waals surface area contributed by atoms with Crippen LogP contribution in [-0.4, -0.2) is 27.6 Å². The van der Waals surface area contributed by atoms with E-state index in [2.05, 4.69) is 46.2 Å². The molecule has 0 aliphatic carbocycles. The molecule has 0 bridgehead atoms. The number of hydrogen-bond donors (Lipinski definition) is 2. The molecule has 2 aromatic rings. The Bertz CT molecular complexity index is 586. The third-order valence-electron chi connectivity index (χ3n) is 2.75. The molecular formula is C14H21N5OS. The van der Waals surface area contributed by atoms with E-state index in [1.54, 1.807) is 11.3 Å². The van der Waals surface area contributed by atoms with Crippen molar-refractivity contribution in [3.8, 4) is 6.01 Å². The van der Waals surface area contributed by atoms with Gasteiger partial charge in [0.2, 0.25) is 11.9 Å². The Morgan fingerprint density at radius 2 is 2.14 bits per heavy atom. The summed E-state index contributed by atoms with van der Waals surface area (Å²) in [5.74, 6) is 0.618. The molecule has 2 rings (SSSR count). The maximum Gasteiger partial charge on any atom is 0.323 e. The summed E-state index contributed by atoms with van der Waals surface area (Å²) >= 11 is 1.80. The summed E-state index contributed by atoms with van der Waals surface area (Å²) in [7, 11) is 0. The maximum absolute atomic E-state index is 5.68. The molecule has 6 nitrogen and oxygen atoms in total. The molecule has 0 spiro atoms. The van der Waals surface area contributed by atoms with Gasteiger partial charge in [-0.2, -0.15) is 15.0 Å². The molecule has 21 heavy (non-hydrogen) atoms. The van der Waals surface area contributed by atoms with Gasteiger partial charge in [-0.05, 0) is 32.4 Å². The summed E-state index contributed by atoms with van der Waals surface area (Å²) in [6, 6.07) is 4.75. The van der Waals surface area contributed by atoms with E-state index >= 15 is 0 Å². The van der Waals surface area contributed by atoms with Crippen LogP contribution in [0.1, 0.15) is 30.0 Å². The Labute approximate surface area is 128 Å². The van der Waals surface area contributed by atoms with Crippen molar-refractivity contribution in [2.45, 2.75) is 39.7 Å². The highest BCUT2D eigenvalue weighted by Gasteiger charge is 2.10. The van der Waals surface area contributed by atoms with Crippen LogP contribution in [0.25, 0.3) is 0 Å². The first-order valence-corrected chi connectivity index (χ1v) is 7.84. The van der Waals surface area contributed by atoms with Gasteiger partial charge < -0.3 is 15.8 Å². The minimum Gasteiger partial charge on any atom is -0.463 e. The van der Waals surface area contributed by atoms with E-state index in [0.29, 0.717) is 12.6 Å². The number of aromatic nitrogens is 3. The van der Waals surface area contributed by atoms with Crippen molar-refractivity contribution in [1.82, 2.24) is 15.0 Å². The smallest absolute Gasteiger partial charge is 0.323 e. The first-order valence-electron chi connectivity index (χ1n) is 7.03. The van der Waals surface area contributed by atoms with Gasteiger partial charge in [0, 0.05) is 22.2 Å². The van der Waals surface area contributed by atoms with Crippen molar-refractivity contribution in [3.05, 3.63) is 21.9 Å². The number of nitrogen functional groups attached to an aromatic ring is 1. The lowest BCUT2D eigenvalue weighted by atomic mass is 10.2. The number of nitrogens with two attached hydrogens (primary N) is 1. The van der Waals surface area contributed by atoms with Crippen LogP contribution in [0.5, 0.6) is 6.01 Å². The molecule has 0 aliphatic rings. The average molecular weight is 307 g/mol. The first-order chi connectivity index (χ1) is 10.1. The third-order valence-corrected chi connectivity index (χ3v) is 3.77. The highest BCUT2D eigenvalue weighted by molar-refractivity contribution is 7.11. The molecule has 2 heterocycles. The second-order valence-electron chi connectivity index (χ2n) is 4.91. The summed E-state index contributed by atoms with van der Waals surface area (Å²) < 4.78 is 5.40. The van der Waals surface area contributed by atoms with Gasteiger partial charge in [-0.1, -0.05) is 6.92 Å². The molecule has 1 atom stereocenters. The lowest BCUT2D eigenvalue weighted by molar-refractivity contribution is 0.292. The predicted molar refractivity (Wildman–Crippen MR) is 85.9 cm³/mol. The fraction of sp³-hybridized carbons (Fsp3) is 0.500. The average Bonchev–Trinajstić information content (AvgIpc) is 2.80. The predicted octanol–water partition coefficient (Wildman–Crippen LogP) is 2.66. The molecule has 0 fully saturated rings. The van der Waals surface area contributed by atoms with Crippen molar-refractivity contribution >= 4 is 23.2 Å². The molecule has 0 aromatic carbocycles. The van der Waals surface area contributed by atoms with E-state index in [1.165, 1.54) is 9.75 Å². The Hall–Kier alpha value is -1.89. The number of ether oxygens (including phenoxy) is 1. The lowest BCUT2D eigenvalue weighted by Crippen LogP contribution is -2.20. The Morgan fingerprint density at radius 3 is 2.81 bits per heavy atom. The molecule has 1 unspecified atom stereocenters. The summed E-state index contributed by atoms with van der Waals surface area (Å²) in [6.45, 7) is 6.78. The molecular weight excluding hydrogens is 286 g/mol. The Morgan fingerprint density at radius 1 is 1.33 bits per heavy atom. The summed E-state index contributed by atoms with van der Waals surface area (Å²) in [4.78, 5) is 14.9. The van der Waals surface area contributed by atoms with E-state index in [0.717, 1.165) is 12.8 Å². The van der Waals surface area contributed by atoms with E-state index in [1.807, 2.05) is 6.92 Å². The molecule has 0 saturated carbocycles. The zero-order valence-corrected chi connectivity index (χ0v) is 13.4. The fourth-order valence-corrected chi connectivity index (χ4v) is 2.88. The minimum absolute atomic E-state index is 0.165. The zero-order chi connectivity index (χ0) is 15.2. The minimum atomic E-state index is 0.165. The van der Waals surface area contributed by atoms with Gasteiger partial charge in [0.05, 0.1) is 6.61 Å². The van der Waals surface area contributed by atoms with Crippen LogP contribution in [0.3, 0.4) is 0 Å². The number of thiophene rings is 1. The zero-order valence-electron chi connectivity index (χ0n) is 12.6. The molecule has 0 saturated heterocycles. The van der Waals surface area contributed by atoms with Crippen molar-refractivity contribution in [3.63, 3.8) is 0 Å². The van der Waals surface area contributed by atoms with Crippen LogP contribution < -0.4 is 15.8 Å². The van der Waals surface area contributed by atoms with Crippen molar-refractivity contribution in [1.29, 1.82) is 0 Å². The van der Waals surface area contributed by atoms with Crippen LogP contribution in [0.4, 0.5) is 11.9 Å². The first kappa shape index (κ1) is 15.5. The number of hydrogen-bond acceptors (Lipinski definition) is 7. The molecule has 0 aliphatic heterocycles. The van der Waals surface area contributed by atoms with Crippen LogP contribution in [0.2, 0.25) is 0 Å². The van der Waals surface area contributed by atoms with E-state index in [-0.39, 0.29) is 18.0 Å². The molecule has 3 N–H and O–H groups in total. The van der Waals surface area contributed by atoms with Gasteiger partial charge >= 0.3 is 6.01 Å². The number of rotatable bonds is 7. The number of nitrogens with zero attached hydrogens (tertiary/aromatic N) is 3. The van der Waals surface area contributed by atoms with Crippen LogP contribution in [0, 0.1) is 6.92 Å². The molecule has 114 valence electrons. The van der Waals surface area contributed by atoms with E-state index in [9.17, 15) is 0 Å². The fourth-order valence-electron chi connectivity index (χ4n) is 1.86. The van der Waals surface area contributed by atoms with Gasteiger partial charge in [-0.15, -0.1) is 11.3 Å². The second-order valence-corrected chi connectivity index (χ2v) is 6.28. The Kier molecular flexibility index (Phi) is 5.32. The molecule has 7 heteroatoms. The monoisotopic (exact) mass is 307 g/mol. The topological polar surface area (TPSA) is 86.0 Å². The Balaban J connectivity index is 1.99. The number of anilines is 2.